The van der Waals surface area contributed by atoms with Crippen LogP contribution in [0.25, 0.3) is 0 Å². The van der Waals surface area contributed by atoms with Crippen molar-refractivity contribution in [3.63, 3.8) is 0 Å². The van der Waals surface area contributed by atoms with Crippen LogP contribution in [0.3, 0.4) is 0 Å². The molecule has 17 heavy (non-hydrogen) atoms. The van der Waals surface area contributed by atoms with E-state index >= 15 is 0 Å². The molecule has 1 rings (SSSR count). The Kier molecular flexibility index (Phi) is 6.41. The Morgan fingerprint density at radius 3 is 2.47 bits per heavy atom. The maximum atomic E-state index is 9.01. The molecule has 1 aromatic rings. The van der Waals surface area contributed by atoms with Crippen LogP contribution in [-0.4, -0.2) is 28.2 Å². The molecule has 0 aliphatic carbocycles. The average molecular weight is 272 g/mol. The van der Waals surface area contributed by atoms with Crippen LogP contribution in [0.5, 0.6) is 0 Å². The van der Waals surface area contributed by atoms with E-state index in [0.29, 0.717) is 6.42 Å². The SMILES string of the molecule is CC(C)(CCO)SSc1ccccc1CCO. The Hall–Kier alpha value is -0.160. The highest BCUT2D eigenvalue weighted by molar-refractivity contribution is 8.77. The molecular formula is C13H20O2S2. The fourth-order valence-corrected chi connectivity index (χ4v) is 3.97. The largest absolute Gasteiger partial charge is 0.396 e. The predicted molar refractivity (Wildman–Crippen MR) is 76.5 cm³/mol. The molecule has 0 atom stereocenters. The highest BCUT2D eigenvalue weighted by atomic mass is 33.1. The molecule has 0 bridgehead atoms. The van der Waals surface area contributed by atoms with Gasteiger partial charge in [-0.05, 0) is 38.3 Å². The van der Waals surface area contributed by atoms with Crippen LogP contribution in [0.15, 0.2) is 29.2 Å². The summed E-state index contributed by atoms with van der Waals surface area (Å²) >= 11 is 0. The first kappa shape index (κ1) is 14.9. The van der Waals surface area contributed by atoms with Gasteiger partial charge >= 0.3 is 0 Å². The van der Waals surface area contributed by atoms with Gasteiger partial charge in [-0.3, -0.25) is 0 Å². The van der Waals surface area contributed by atoms with Crippen molar-refractivity contribution >= 4 is 21.6 Å². The molecule has 0 aromatic heterocycles. The second kappa shape index (κ2) is 7.31. The van der Waals surface area contributed by atoms with Gasteiger partial charge in [0.1, 0.15) is 0 Å². The number of rotatable bonds is 7. The molecule has 0 radical (unpaired) electrons. The molecule has 0 spiro atoms. The number of hydrogen-bond acceptors (Lipinski definition) is 4. The summed E-state index contributed by atoms with van der Waals surface area (Å²) in [6.07, 6.45) is 1.48. The molecule has 0 heterocycles. The van der Waals surface area contributed by atoms with Gasteiger partial charge in [0, 0.05) is 22.9 Å². The summed E-state index contributed by atoms with van der Waals surface area (Å²) in [6.45, 7) is 4.67. The standard InChI is InChI=1S/C13H20O2S2/c1-13(2,8-10-15)17-16-12-6-4-3-5-11(12)7-9-14/h3-6,14-15H,7-10H2,1-2H3. The van der Waals surface area contributed by atoms with Crippen molar-refractivity contribution in [2.75, 3.05) is 13.2 Å². The summed E-state index contributed by atoms with van der Waals surface area (Å²) in [7, 11) is 3.50. The number of aliphatic hydroxyl groups is 2. The fourth-order valence-electron chi connectivity index (χ4n) is 1.38. The summed E-state index contributed by atoms with van der Waals surface area (Å²) < 4.78 is 0.0613. The van der Waals surface area contributed by atoms with Gasteiger partial charge in [0.25, 0.3) is 0 Å². The van der Waals surface area contributed by atoms with Crippen molar-refractivity contribution in [1.82, 2.24) is 0 Å². The summed E-state index contributed by atoms with van der Waals surface area (Å²) in [5, 5.41) is 18.0. The Morgan fingerprint density at radius 1 is 1.12 bits per heavy atom. The molecule has 0 amide bonds. The lowest BCUT2D eigenvalue weighted by Gasteiger charge is -2.22. The van der Waals surface area contributed by atoms with Gasteiger partial charge in [-0.15, -0.1) is 0 Å². The highest BCUT2D eigenvalue weighted by Gasteiger charge is 2.19. The van der Waals surface area contributed by atoms with Crippen LogP contribution < -0.4 is 0 Å². The highest BCUT2D eigenvalue weighted by Crippen LogP contribution is 2.43. The maximum absolute atomic E-state index is 9.01. The lowest BCUT2D eigenvalue weighted by molar-refractivity contribution is 0.275. The van der Waals surface area contributed by atoms with Gasteiger partial charge in [-0.1, -0.05) is 39.8 Å². The minimum atomic E-state index is 0.0613. The zero-order valence-corrected chi connectivity index (χ0v) is 12.0. The lowest BCUT2D eigenvalue weighted by atomic mass is 10.1. The third-order valence-electron chi connectivity index (χ3n) is 2.42. The van der Waals surface area contributed by atoms with Gasteiger partial charge < -0.3 is 10.2 Å². The van der Waals surface area contributed by atoms with Crippen molar-refractivity contribution in [2.24, 2.45) is 0 Å². The molecule has 1 aromatic carbocycles. The van der Waals surface area contributed by atoms with E-state index in [1.54, 1.807) is 21.6 Å². The van der Waals surface area contributed by atoms with E-state index in [2.05, 4.69) is 26.0 Å². The zero-order valence-electron chi connectivity index (χ0n) is 10.3. The summed E-state index contributed by atoms with van der Waals surface area (Å²) in [5.74, 6) is 0. The quantitative estimate of drug-likeness (QED) is 0.748. The molecule has 96 valence electrons. The van der Waals surface area contributed by atoms with E-state index in [1.807, 2.05) is 12.1 Å². The first-order chi connectivity index (χ1) is 8.09. The van der Waals surface area contributed by atoms with Crippen LogP contribution >= 0.6 is 21.6 Å². The Balaban J connectivity index is 2.62. The Morgan fingerprint density at radius 2 is 1.82 bits per heavy atom. The summed E-state index contributed by atoms with van der Waals surface area (Å²) in [4.78, 5) is 1.21. The van der Waals surface area contributed by atoms with Gasteiger partial charge in [-0.2, -0.15) is 0 Å². The van der Waals surface area contributed by atoms with Gasteiger partial charge in [-0.25, -0.2) is 0 Å². The molecule has 0 fully saturated rings. The number of benzene rings is 1. The normalized spacial score (nSPS) is 11.8. The molecular weight excluding hydrogens is 252 g/mol. The molecule has 0 unspecified atom stereocenters. The Bertz CT molecular complexity index is 340. The smallest absolute Gasteiger partial charge is 0.0471 e. The van der Waals surface area contributed by atoms with Crippen LogP contribution in [-0.2, 0) is 6.42 Å². The van der Waals surface area contributed by atoms with E-state index in [1.165, 1.54) is 10.5 Å². The van der Waals surface area contributed by atoms with Crippen molar-refractivity contribution in [2.45, 2.75) is 36.3 Å². The van der Waals surface area contributed by atoms with Crippen molar-refractivity contribution in [3.05, 3.63) is 29.8 Å². The van der Waals surface area contributed by atoms with Crippen LogP contribution in [0.1, 0.15) is 25.8 Å². The fraction of sp³-hybridized carbons (Fsp3) is 0.538. The van der Waals surface area contributed by atoms with E-state index < -0.39 is 0 Å². The first-order valence-electron chi connectivity index (χ1n) is 5.74. The molecule has 2 nitrogen and oxygen atoms in total. The average Bonchev–Trinajstić information content (AvgIpc) is 2.28. The molecule has 0 saturated carbocycles. The molecule has 2 N–H and O–H groups in total. The van der Waals surface area contributed by atoms with Crippen LogP contribution in [0, 0.1) is 0 Å². The lowest BCUT2D eigenvalue weighted by Crippen LogP contribution is -2.14. The summed E-state index contributed by atoms with van der Waals surface area (Å²) in [5.41, 5.74) is 1.19. The minimum absolute atomic E-state index is 0.0613. The Labute approximate surface area is 111 Å². The number of hydrogen-bond donors (Lipinski definition) is 2. The van der Waals surface area contributed by atoms with Crippen molar-refractivity contribution in [1.29, 1.82) is 0 Å². The van der Waals surface area contributed by atoms with Gasteiger partial charge in [0.05, 0.1) is 0 Å². The summed E-state index contributed by atoms with van der Waals surface area (Å²) in [6, 6.07) is 8.15. The van der Waals surface area contributed by atoms with Gasteiger partial charge in [0.2, 0.25) is 0 Å². The second-order valence-corrected chi connectivity index (χ2v) is 7.36. The van der Waals surface area contributed by atoms with E-state index in [9.17, 15) is 0 Å². The molecule has 4 heteroatoms. The van der Waals surface area contributed by atoms with E-state index in [4.69, 9.17) is 10.2 Å². The topological polar surface area (TPSA) is 40.5 Å². The molecule has 0 aliphatic heterocycles. The van der Waals surface area contributed by atoms with E-state index in [-0.39, 0.29) is 18.0 Å². The zero-order chi connectivity index (χ0) is 12.7. The van der Waals surface area contributed by atoms with Gasteiger partial charge in [0.15, 0.2) is 0 Å². The first-order valence-corrected chi connectivity index (χ1v) is 7.89. The second-order valence-electron chi connectivity index (χ2n) is 4.48. The van der Waals surface area contributed by atoms with Crippen LogP contribution in [0.4, 0.5) is 0 Å². The van der Waals surface area contributed by atoms with Crippen molar-refractivity contribution in [3.8, 4) is 0 Å². The predicted octanol–water partition coefficient (Wildman–Crippen LogP) is 3.12. The van der Waals surface area contributed by atoms with Crippen molar-refractivity contribution < 1.29 is 10.2 Å². The minimum Gasteiger partial charge on any atom is -0.396 e. The molecule has 0 saturated heterocycles. The third kappa shape index (κ3) is 5.34. The monoisotopic (exact) mass is 272 g/mol. The van der Waals surface area contributed by atoms with Crippen LogP contribution in [0.2, 0.25) is 0 Å². The molecule has 0 aliphatic rings. The van der Waals surface area contributed by atoms with E-state index in [0.717, 1.165) is 6.42 Å². The maximum Gasteiger partial charge on any atom is 0.0471 e. The number of aliphatic hydroxyl groups excluding tert-OH is 2. The third-order valence-corrected chi connectivity index (χ3v) is 5.88.